The van der Waals surface area contributed by atoms with E-state index in [1.54, 1.807) is 36.4 Å². The van der Waals surface area contributed by atoms with Crippen LogP contribution in [0.4, 0.5) is 4.39 Å². The molecule has 0 N–H and O–H groups in total. The fourth-order valence-electron chi connectivity index (χ4n) is 3.95. The van der Waals surface area contributed by atoms with Gasteiger partial charge in [0.1, 0.15) is 11.6 Å². The predicted molar refractivity (Wildman–Crippen MR) is 124 cm³/mol. The second-order valence-electron chi connectivity index (χ2n) is 7.86. The number of ether oxygens (including phenoxy) is 1. The van der Waals surface area contributed by atoms with E-state index in [-0.39, 0.29) is 41.5 Å². The van der Waals surface area contributed by atoms with Crippen molar-refractivity contribution in [1.82, 2.24) is 4.31 Å². The van der Waals surface area contributed by atoms with E-state index in [1.807, 2.05) is 0 Å². The number of methoxy groups -OCH3 is 1. The van der Waals surface area contributed by atoms with Gasteiger partial charge in [0.25, 0.3) is 0 Å². The number of nitrogens with zero attached hydrogens (tertiary/aromatic N) is 1. The zero-order valence-electron chi connectivity index (χ0n) is 18.0. The maximum atomic E-state index is 13.1. The molecule has 0 spiro atoms. The number of sulfone groups is 1. The van der Waals surface area contributed by atoms with Crippen molar-refractivity contribution in [1.29, 1.82) is 0 Å². The minimum Gasteiger partial charge on any atom is -0.497 e. The molecule has 1 heterocycles. The van der Waals surface area contributed by atoms with Crippen LogP contribution in [0.25, 0.3) is 11.1 Å². The van der Waals surface area contributed by atoms with E-state index in [9.17, 15) is 21.2 Å². The first kappa shape index (κ1) is 23.4. The molecule has 3 aromatic rings. The lowest BCUT2D eigenvalue weighted by Crippen LogP contribution is -2.42. The van der Waals surface area contributed by atoms with Gasteiger partial charge in [0.2, 0.25) is 10.0 Å². The lowest BCUT2D eigenvalue weighted by Gasteiger charge is -2.31. The van der Waals surface area contributed by atoms with Gasteiger partial charge in [0.05, 0.1) is 22.2 Å². The van der Waals surface area contributed by atoms with Gasteiger partial charge in [-0.25, -0.2) is 21.2 Å². The Kier molecular flexibility index (Phi) is 6.56. The van der Waals surface area contributed by atoms with Crippen LogP contribution in [0.2, 0.25) is 0 Å². The summed E-state index contributed by atoms with van der Waals surface area (Å²) in [7, 11) is -5.80. The molecular formula is C24H24FNO5S2. The van der Waals surface area contributed by atoms with Gasteiger partial charge < -0.3 is 4.74 Å². The van der Waals surface area contributed by atoms with Crippen molar-refractivity contribution in [3.8, 4) is 16.9 Å². The summed E-state index contributed by atoms with van der Waals surface area (Å²) >= 11 is 0. The maximum absolute atomic E-state index is 13.1. The first-order valence-corrected chi connectivity index (χ1v) is 13.4. The second-order valence-corrected chi connectivity index (χ2v) is 12.0. The topological polar surface area (TPSA) is 80.8 Å². The highest BCUT2D eigenvalue weighted by atomic mass is 32.2. The molecule has 0 aliphatic carbocycles. The van der Waals surface area contributed by atoms with E-state index in [0.29, 0.717) is 5.75 Å². The van der Waals surface area contributed by atoms with Gasteiger partial charge >= 0.3 is 0 Å². The first-order chi connectivity index (χ1) is 15.7. The molecule has 0 saturated carbocycles. The van der Waals surface area contributed by atoms with Crippen molar-refractivity contribution >= 4 is 19.9 Å². The fraction of sp³-hybridized carbons (Fsp3) is 0.250. The van der Waals surface area contributed by atoms with E-state index in [0.717, 1.165) is 11.1 Å². The minimum atomic E-state index is -3.75. The summed E-state index contributed by atoms with van der Waals surface area (Å²) in [6.07, 6.45) is 0.447. The molecule has 0 amide bonds. The third-order valence-electron chi connectivity index (χ3n) is 5.90. The summed E-state index contributed by atoms with van der Waals surface area (Å²) in [4.78, 5) is 0.353. The fourth-order valence-corrected chi connectivity index (χ4v) is 7.15. The molecule has 1 aliphatic heterocycles. The molecule has 1 aliphatic rings. The average molecular weight is 490 g/mol. The molecule has 0 aromatic heterocycles. The smallest absolute Gasteiger partial charge is 0.243 e. The molecule has 0 bridgehead atoms. The van der Waals surface area contributed by atoms with E-state index in [4.69, 9.17) is 4.74 Å². The molecule has 0 atom stereocenters. The van der Waals surface area contributed by atoms with Crippen molar-refractivity contribution in [3.05, 3.63) is 78.6 Å². The number of piperidine rings is 1. The van der Waals surface area contributed by atoms with Crippen LogP contribution >= 0.6 is 0 Å². The summed E-state index contributed by atoms with van der Waals surface area (Å²) < 4.78 is 71.7. The number of hydrogen-bond acceptors (Lipinski definition) is 5. The lowest BCUT2D eigenvalue weighted by molar-refractivity contribution is 0.345. The quantitative estimate of drug-likeness (QED) is 0.520. The number of halogens is 1. The van der Waals surface area contributed by atoms with Crippen LogP contribution < -0.4 is 4.74 Å². The van der Waals surface area contributed by atoms with Gasteiger partial charge in [-0.1, -0.05) is 24.3 Å². The summed E-state index contributed by atoms with van der Waals surface area (Å²) in [5, 5.41) is -0.641. The Balaban J connectivity index is 1.45. The number of benzene rings is 3. The zero-order chi connectivity index (χ0) is 23.6. The van der Waals surface area contributed by atoms with E-state index in [2.05, 4.69) is 0 Å². The highest BCUT2D eigenvalue weighted by Gasteiger charge is 2.35. The summed E-state index contributed by atoms with van der Waals surface area (Å²) in [5.74, 6) is 0.232. The summed E-state index contributed by atoms with van der Waals surface area (Å²) in [6, 6.07) is 18.6. The van der Waals surface area contributed by atoms with Crippen LogP contribution in [0, 0.1) is 5.82 Å². The molecule has 6 nitrogen and oxygen atoms in total. The van der Waals surface area contributed by atoms with Gasteiger partial charge in [-0.15, -0.1) is 0 Å². The standard InChI is InChI=1S/C24H24FNO5S2/c1-31-21-8-12-22(13-9-21)32(27,28)23-14-16-26(17-15-23)33(29,30)24-10-4-19(5-11-24)18-2-6-20(25)7-3-18/h2-13,23H,14-17H2,1H3. The molecule has 33 heavy (non-hydrogen) atoms. The normalized spacial score (nSPS) is 15.9. The molecule has 0 radical (unpaired) electrons. The Morgan fingerprint density at radius 2 is 1.24 bits per heavy atom. The molecule has 0 unspecified atom stereocenters. The zero-order valence-corrected chi connectivity index (χ0v) is 19.6. The maximum Gasteiger partial charge on any atom is 0.243 e. The molecule has 9 heteroatoms. The van der Waals surface area contributed by atoms with Crippen LogP contribution in [-0.4, -0.2) is 46.6 Å². The number of rotatable bonds is 6. The Labute approximate surface area is 193 Å². The Morgan fingerprint density at radius 1 is 0.758 bits per heavy atom. The molecule has 1 fully saturated rings. The number of sulfonamides is 1. The average Bonchev–Trinajstić information content (AvgIpc) is 2.84. The first-order valence-electron chi connectivity index (χ1n) is 10.5. The van der Waals surface area contributed by atoms with E-state index >= 15 is 0 Å². The van der Waals surface area contributed by atoms with E-state index in [1.165, 1.54) is 47.8 Å². The third kappa shape index (κ3) is 4.80. The van der Waals surface area contributed by atoms with Crippen molar-refractivity contribution in [2.45, 2.75) is 27.9 Å². The van der Waals surface area contributed by atoms with Crippen LogP contribution in [0.5, 0.6) is 5.75 Å². The van der Waals surface area contributed by atoms with Crippen LogP contribution in [0.15, 0.2) is 82.6 Å². The predicted octanol–water partition coefficient (Wildman–Crippen LogP) is 4.13. The molecule has 3 aromatic carbocycles. The van der Waals surface area contributed by atoms with Crippen molar-refractivity contribution in [2.24, 2.45) is 0 Å². The second kappa shape index (κ2) is 9.24. The Hall–Kier alpha value is -2.75. The molecular weight excluding hydrogens is 465 g/mol. The Bertz CT molecular complexity index is 1310. The molecule has 174 valence electrons. The van der Waals surface area contributed by atoms with Gasteiger partial charge in [0, 0.05) is 13.1 Å². The van der Waals surface area contributed by atoms with Gasteiger partial charge in [-0.3, -0.25) is 0 Å². The summed E-state index contributed by atoms with van der Waals surface area (Å²) in [6.45, 7) is 0.254. The third-order valence-corrected chi connectivity index (χ3v) is 10.1. The van der Waals surface area contributed by atoms with Crippen molar-refractivity contribution < 1.29 is 26.0 Å². The monoisotopic (exact) mass is 489 g/mol. The Morgan fingerprint density at radius 3 is 1.76 bits per heavy atom. The van der Waals surface area contributed by atoms with E-state index < -0.39 is 25.1 Å². The van der Waals surface area contributed by atoms with Crippen LogP contribution in [-0.2, 0) is 19.9 Å². The summed E-state index contributed by atoms with van der Waals surface area (Å²) in [5.41, 5.74) is 1.56. The number of hydrogen-bond donors (Lipinski definition) is 0. The SMILES string of the molecule is COc1ccc(S(=O)(=O)C2CCN(S(=O)(=O)c3ccc(-c4ccc(F)cc4)cc3)CC2)cc1. The van der Waals surface area contributed by atoms with Crippen LogP contribution in [0.3, 0.4) is 0 Å². The molecule has 1 saturated heterocycles. The van der Waals surface area contributed by atoms with Crippen molar-refractivity contribution in [2.75, 3.05) is 20.2 Å². The minimum absolute atomic E-state index is 0.127. The highest BCUT2D eigenvalue weighted by molar-refractivity contribution is 7.92. The highest BCUT2D eigenvalue weighted by Crippen LogP contribution is 2.29. The van der Waals surface area contributed by atoms with Crippen LogP contribution in [0.1, 0.15) is 12.8 Å². The molecule has 4 rings (SSSR count). The lowest BCUT2D eigenvalue weighted by atomic mass is 10.1. The van der Waals surface area contributed by atoms with Gasteiger partial charge in [0.15, 0.2) is 9.84 Å². The largest absolute Gasteiger partial charge is 0.497 e. The van der Waals surface area contributed by atoms with Crippen molar-refractivity contribution in [3.63, 3.8) is 0 Å². The van der Waals surface area contributed by atoms with Gasteiger partial charge in [-0.2, -0.15) is 4.31 Å². The van der Waals surface area contributed by atoms with Gasteiger partial charge in [-0.05, 0) is 72.5 Å².